The van der Waals surface area contributed by atoms with E-state index in [-0.39, 0.29) is 6.04 Å². The number of methoxy groups -OCH3 is 1. The molecule has 1 aliphatic rings. The molecular formula is C18H19NO2. The van der Waals surface area contributed by atoms with E-state index in [4.69, 9.17) is 4.74 Å². The number of ether oxygens (including phenoxy) is 1. The van der Waals surface area contributed by atoms with Crippen LogP contribution in [0.1, 0.15) is 22.8 Å². The van der Waals surface area contributed by atoms with Gasteiger partial charge in [0.05, 0.1) is 19.3 Å². The molecular weight excluding hydrogens is 262 g/mol. The van der Waals surface area contributed by atoms with E-state index in [0.29, 0.717) is 6.54 Å². The van der Waals surface area contributed by atoms with Crippen LogP contribution in [0.25, 0.3) is 6.08 Å². The Balaban J connectivity index is 1.66. The summed E-state index contributed by atoms with van der Waals surface area (Å²) < 4.78 is 5.15. The van der Waals surface area contributed by atoms with E-state index in [1.807, 2.05) is 54.6 Å². The second-order valence-electron chi connectivity index (χ2n) is 5.19. The first kappa shape index (κ1) is 13.9. The van der Waals surface area contributed by atoms with Gasteiger partial charge in [-0.2, -0.15) is 0 Å². The van der Waals surface area contributed by atoms with Crippen LogP contribution in [0.2, 0.25) is 0 Å². The fraction of sp³-hybridized carbons (Fsp3) is 0.222. The number of fused-ring (bicyclic) bond motifs is 1. The zero-order valence-electron chi connectivity index (χ0n) is 12.0. The molecule has 0 spiro atoms. The van der Waals surface area contributed by atoms with Gasteiger partial charge in [0.1, 0.15) is 5.75 Å². The third-order valence-electron chi connectivity index (χ3n) is 3.84. The lowest BCUT2D eigenvalue weighted by Gasteiger charge is -2.26. The molecule has 3 nitrogen and oxygen atoms in total. The smallest absolute Gasteiger partial charge is 0.118 e. The van der Waals surface area contributed by atoms with Crippen LogP contribution in [-0.4, -0.2) is 18.3 Å². The van der Waals surface area contributed by atoms with E-state index in [1.165, 1.54) is 0 Å². The Morgan fingerprint density at radius 3 is 2.62 bits per heavy atom. The van der Waals surface area contributed by atoms with E-state index in [2.05, 4.69) is 11.4 Å². The zero-order valence-corrected chi connectivity index (χ0v) is 12.0. The lowest BCUT2D eigenvalue weighted by Crippen LogP contribution is -2.34. The van der Waals surface area contributed by atoms with Crippen molar-refractivity contribution >= 4 is 6.08 Å². The summed E-state index contributed by atoms with van der Waals surface area (Å²) in [5.74, 6) is 0.852. The number of aliphatic hydroxyl groups excluding tert-OH is 1. The fourth-order valence-electron chi connectivity index (χ4n) is 2.60. The van der Waals surface area contributed by atoms with Gasteiger partial charge in [0.25, 0.3) is 0 Å². The Bertz CT molecular complexity index is 634. The molecule has 0 aromatic heterocycles. The van der Waals surface area contributed by atoms with Crippen molar-refractivity contribution in [1.82, 2.24) is 5.32 Å². The number of hydrogen-bond acceptors (Lipinski definition) is 3. The highest BCUT2D eigenvalue weighted by Crippen LogP contribution is 2.27. The average molecular weight is 281 g/mol. The van der Waals surface area contributed by atoms with Crippen LogP contribution in [-0.2, 0) is 6.54 Å². The van der Waals surface area contributed by atoms with Gasteiger partial charge < -0.3 is 15.2 Å². The molecule has 0 amide bonds. The zero-order chi connectivity index (χ0) is 14.7. The normalized spacial score (nSPS) is 20.1. The molecule has 2 aromatic rings. The Morgan fingerprint density at radius 2 is 1.86 bits per heavy atom. The minimum Gasteiger partial charge on any atom is -0.497 e. The standard InChI is InChI=1S/C18H19NO2/c1-21-15-9-6-13(7-10-15)12-19-17-11-8-14-4-2-3-5-16(14)18(17)20/h2-11,17-20H,12H2,1H3/t17-,18-/m1/s1. The van der Waals surface area contributed by atoms with Crippen LogP contribution in [0.3, 0.4) is 0 Å². The minimum atomic E-state index is -0.510. The van der Waals surface area contributed by atoms with Crippen LogP contribution in [0.15, 0.2) is 54.6 Å². The molecule has 0 saturated heterocycles. The topological polar surface area (TPSA) is 41.5 Å². The third kappa shape index (κ3) is 2.99. The third-order valence-corrected chi connectivity index (χ3v) is 3.84. The summed E-state index contributed by atoms with van der Waals surface area (Å²) >= 11 is 0. The van der Waals surface area contributed by atoms with Crippen LogP contribution in [0, 0.1) is 0 Å². The quantitative estimate of drug-likeness (QED) is 0.905. The fourth-order valence-corrected chi connectivity index (χ4v) is 2.60. The molecule has 0 radical (unpaired) electrons. The second-order valence-corrected chi connectivity index (χ2v) is 5.19. The molecule has 3 heteroatoms. The number of aliphatic hydroxyl groups is 1. The summed E-state index contributed by atoms with van der Waals surface area (Å²) in [6.07, 6.45) is 3.58. The summed E-state index contributed by atoms with van der Waals surface area (Å²) in [5.41, 5.74) is 3.23. The summed E-state index contributed by atoms with van der Waals surface area (Å²) in [7, 11) is 1.66. The van der Waals surface area contributed by atoms with Crippen molar-refractivity contribution in [2.24, 2.45) is 0 Å². The van der Waals surface area contributed by atoms with Crippen LogP contribution in [0.4, 0.5) is 0 Å². The highest BCUT2D eigenvalue weighted by Gasteiger charge is 2.23. The van der Waals surface area contributed by atoms with Crippen molar-refractivity contribution in [2.75, 3.05) is 7.11 Å². The molecule has 0 unspecified atom stereocenters. The maximum atomic E-state index is 10.4. The van der Waals surface area contributed by atoms with Crippen LogP contribution < -0.4 is 10.1 Å². The maximum Gasteiger partial charge on any atom is 0.118 e. The second kappa shape index (κ2) is 6.12. The predicted octanol–water partition coefficient (Wildman–Crippen LogP) is 2.91. The van der Waals surface area contributed by atoms with Gasteiger partial charge in [-0.1, -0.05) is 48.6 Å². The SMILES string of the molecule is COc1ccc(CN[C@@H]2C=Cc3ccccc3[C@H]2O)cc1. The predicted molar refractivity (Wildman–Crippen MR) is 84.1 cm³/mol. The molecule has 0 fully saturated rings. The van der Waals surface area contributed by atoms with Crippen LogP contribution >= 0.6 is 0 Å². The van der Waals surface area contributed by atoms with Crippen molar-refractivity contribution in [3.05, 3.63) is 71.3 Å². The number of hydrogen-bond donors (Lipinski definition) is 2. The molecule has 0 saturated carbocycles. The van der Waals surface area contributed by atoms with Gasteiger partial charge >= 0.3 is 0 Å². The van der Waals surface area contributed by atoms with Gasteiger partial charge in [-0.3, -0.25) is 0 Å². The Labute approximate surface area is 124 Å². The highest BCUT2D eigenvalue weighted by atomic mass is 16.5. The van der Waals surface area contributed by atoms with Gasteiger partial charge in [0, 0.05) is 6.54 Å². The first-order valence-corrected chi connectivity index (χ1v) is 7.09. The molecule has 3 rings (SSSR count). The van der Waals surface area contributed by atoms with Gasteiger partial charge in [0.15, 0.2) is 0 Å². The number of rotatable bonds is 4. The highest BCUT2D eigenvalue weighted by molar-refractivity contribution is 5.58. The average Bonchev–Trinajstić information content (AvgIpc) is 2.55. The van der Waals surface area contributed by atoms with E-state index in [9.17, 15) is 5.11 Å². The molecule has 0 aliphatic heterocycles. The molecule has 1 aliphatic carbocycles. The van der Waals surface area contributed by atoms with Gasteiger partial charge in [-0.25, -0.2) is 0 Å². The van der Waals surface area contributed by atoms with Gasteiger partial charge in [0.2, 0.25) is 0 Å². The summed E-state index contributed by atoms with van der Waals surface area (Å²) in [5, 5.41) is 13.8. The number of benzene rings is 2. The maximum absolute atomic E-state index is 10.4. The first-order valence-electron chi connectivity index (χ1n) is 7.09. The van der Waals surface area contributed by atoms with Crippen molar-refractivity contribution < 1.29 is 9.84 Å². The Hall–Kier alpha value is -2.10. The summed E-state index contributed by atoms with van der Waals surface area (Å²) in [6, 6.07) is 15.8. The lowest BCUT2D eigenvalue weighted by molar-refractivity contribution is 0.145. The lowest BCUT2D eigenvalue weighted by atomic mass is 9.91. The number of nitrogens with one attached hydrogen (secondary N) is 1. The molecule has 108 valence electrons. The van der Waals surface area contributed by atoms with Gasteiger partial charge in [-0.05, 0) is 28.8 Å². The Morgan fingerprint density at radius 1 is 1.10 bits per heavy atom. The molecule has 21 heavy (non-hydrogen) atoms. The van der Waals surface area contributed by atoms with Crippen molar-refractivity contribution in [1.29, 1.82) is 0 Å². The van der Waals surface area contributed by atoms with Crippen molar-refractivity contribution in [3.63, 3.8) is 0 Å². The monoisotopic (exact) mass is 281 g/mol. The molecule has 0 bridgehead atoms. The van der Waals surface area contributed by atoms with Crippen molar-refractivity contribution in [2.45, 2.75) is 18.7 Å². The Kier molecular flexibility index (Phi) is 4.04. The molecule has 0 heterocycles. The van der Waals surface area contributed by atoms with E-state index < -0.39 is 6.10 Å². The van der Waals surface area contributed by atoms with Crippen molar-refractivity contribution in [3.8, 4) is 5.75 Å². The molecule has 2 aromatic carbocycles. The van der Waals surface area contributed by atoms with Crippen LogP contribution in [0.5, 0.6) is 5.75 Å². The van der Waals surface area contributed by atoms with E-state index in [1.54, 1.807) is 7.11 Å². The molecule has 2 atom stereocenters. The first-order chi connectivity index (χ1) is 10.3. The minimum absolute atomic E-state index is 0.0676. The largest absolute Gasteiger partial charge is 0.497 e. The van der Waals surface area contributed by atoms with E-state index in [0.717, 1.165) is 22.4 Å². The van der Waals surface area contributed by atoms with E-state index >= 15 is 0 Å². The van der Waals surface area contributed by atoms with Gasteiger partial charge in [-0.15, -0.1) is 0 Å². The summed E-state index contributed by atoms with van der Waals surface area (Å²) in [4.78, 5) is 0. The summed E-state index contributed by atoms with van der Waals surface area (Å²) in [6.45, 7) is 0.707. The molecule has 2 N–H and O–H groups in total.